The van der Waals surface area contributed by atoms with Crippen LogP contribution in [0, 0.1) is 0 Å². The van der Waals surface area contributed by atoms with Crippen LogP contribution >= 0.6 is 0 Å². The summed E-state index contributed by atoms with van der Waals surface area (Å²) >= 11 is 0. The molecule has 0 radical (unpaired) electrons. The van der Waals surface area contributed by atoms with Crippen molar-refractivity contribution in [3.63, 3.8) is 0 Å². The maximum absolute atomic E-state index is 11.7. The van der Waals surface area contributed by atoms with Gasteiger partial charge in [0.1, 0.15) is 5.75 Å². The fourth-order valence-electron chi connectivity index (χ4n) is 5.93. The van der Waals surface area contributed by atoms with Crippen molar-refractivity contribution in [3.05, 3.63) is 64.8 Å². The monoisotopic (exact) mass is 472 g/mol. The van der Waals surface area contributed by atoms with Crippen LogP contribution in [-0.4, -0.2) is 54.4 Å². The number of carbonyl (C=O) groups is 1. The van der Waals surface area contributed by atoms with Gasteiger partial charge in [-0.2, -0.15) is 0 Å². The van der Waals surface area contributed by atoms with Gasteiger partial charge in [0, 0.05) is 55.2 Å². The number of ether oxygens (including phenoxy) is 1. The number of hydrogen-bond donors (Lipinski definition) is 1. The molecule has 2 N–H and O–H groups in total. The second-order valence-electron chi connectivity index (χ2n) is 9.73. The number of methoxy groups -OCH3 is 1. The predicted octanol–water partition coefficient (Wildman–Crippen LogP) is 4.77. The summed E-state index contributed by atoms with van der Waals surface area (Å²) in [7, 11) is 1.78. The van der Waals surface area contributed by atoms with Crippen LogP contribution in [0.5, 0.6) is 5.75 Å². The maximum Gasteiger partial charge on any atom is 0.248 e. The minimum absolute atomic E-state index is 0.374. The standard InChI is InChI=1S/C29H36N4O2/c1-3-31-26-6-4-5-23-24(26)9-10-28(35-2)25(23)14-17-32-15-12-22(13-16-32)33-18-11-20-7-8-21(29(30)34)19-27(20)33/h7-11,18-19,22H,3-6,12-17H2,1-2H3,(H2,30,34)/b31-26-. The number of likely N-dealkylation sites (tertiary alicyclic amines) is 1. The summed E-state index contributed by atoms with van der Waals surface area (Å²) in [6.45, 7) is 6.13. The van der Waals surface area contributed by atoms with Gasteiger partial charge in [-0.05, 0) is 97.9 Å². The van der Waals surface area contributed by atoms with Crippen molar-refractivity contribution < 1.29 is 9.53 Å². The van der Waals surface area contributed by atoms with E-state index in [9.17, 15) is 4.79 Å². The molecule has 6 heteroatoms. The molecule has 6 nitrogen and oxygen atoms in total. The number of benzene rings is 2. The van der Waals surface area contributed by atoms with Crippen molar-refractivity contribution in [1.82, 2.24) is 9.47 Å². The molecule has 2 heterocycles. The number of nitrogens with two attached hydrogens (primary N) is 1. The number of fused-ring (bicyclic) bond motifs is 2. The van der Waals surface area contributed by atoms with E-state index in [4.69, 9.17) is 15.5 Å². The van der Waals surface area contributed by atoms with Crippen molar-refractivity contribution in [2.45, 2.75) is 51.5 Å². The van der Waals surface area contributed by atoms with Gasteiger partial charge in [-0.25, -0.2) is 0 Å². The molecule has 5 rings (SSSR count). The number of piperidine rings is 1. The smallest absolute Gasteiger partial charge is 0.248 e. The Morgan fingerprint density at radius 2 is 1.97 bits per heavy atom. The van der Waals surface area contributed by atoms with E-state index in [0.29, 0.717) is 11.6 Å². The van der Waals surface area contributed by atoms with Gasteiger partial charge in [0.15, 0.2) is 0 Å². The number of hydrogen-bond acceptors (Lipinski definition) is 4. The van der Waals surface area contributed by atoms with E-state index in [-0.39, 0.29) is 5.91 Å². The number of aliphatic imine (C=N–C) groups is 1. The van der Waals surface area contributed by atoms with Crippen LogP contribution in [0.1, 0.15) is 65.7 Å². The molecule has 1 aliphatic carbocycles. The number of amides is 1. The maximum atomic E-state index is 11.7. The van der Waals surface area contributed by atoms with Crippen molar-refractivity contribution in [1.29, 1.82) is 0 Å². The number of aromatic nitrogens is 1. The predicted molar refractivity (Wildman–Crippen MR) is 142 cm³/mol. The number of rotatable bonds is 7. The largest absolute Gasteiger partial charge is 0.496 e. The van der Waals surface area contributed by atoms with Gasteiger partial charge in [-0.3, -0.25) is 9.79 Å². The lowest BCUT2D eigenvalue weighted by atomic mass is 9.85. The Bertz CT molecular complexity index is 1250. The molecule has 0 unspecified atom stereocenters. The first kappa shape index (κ1) is 23.6. The molecule has 184 valence electrons. The fourth-order valence-corrected chi connectivity index (χ4v) is 5.93. The Morgan fingerprint density at radius 3 is 2.71 bits per heavy atom. The highest BCUT2D eigenvalue weighted by Gasteiger charge is 2.24. The molecule has 0 spiro atoms. The summed E-state index contributed by atoms with van der Waals surface area (Å²) in [4.78, 5) is 19.0. The van der Waals surface area contributed by atoms with E-state index in [1.165, 1.54) is 28.8 Å². The van der Waals surface area contributed by atoms with Gasteiger partial charge >= 0.3 is 0 Å². The third-order valence-corrected chi connectivity index (χ3v) is 7.74. The van der Waals surface area contributed by atoms with Gasteiger partial charge < -0.3 is 19.9 Å². The van der Waals surface area contributed by atoms with E-state index >= 15 is 0 Å². The van der Waals surface area contributed by atoms with Crippen LogP contribution in [-0.2, 0) is 12.8 Å². The average Bonchev–Trinajstić information content (AvgIpc) is 3.31. The minimum atomic E-state index is -0.374. The first-order valence-electron chi connectivity index (χ1n) is 12.9. The molecule has 0 atom stereocenters. The van der Waals surface area contributed by atoms with Crippen LogP contribution in [0.15, 0.2) is 47.6 Å². The zero-order valence-electron chi connectivity index (χ0n) is 20.9. The summed E-state index contributed by atoms with van der Waals surface area (Å²) in [6, 6.07) is 12.7. The van der Waals surface area contributed by atoms with E-state index in [1.54, 1.807) is 7.11 Å². The molecule has 1 aliphatic heterocycles. The van der Waals surface area contributed by atoms with Crippen molar-refractivity contribution in [2.75, 3.05) is 33.3 Å². The van der Waals surface area contributed by atoms with Crippen LogP contribution in [0.2, 0.25) is 0 Å². The molecule has 0 bridgehead atoms. The second kappa shape index (κ2) is 10.2. The highest BCUT2D eigenvalue weighted by molar-refractivity contribution is 6.03. The average molecular weight is 473 g/mol. The quantitative estimate of drug-likeness (QED) is 0.538. The summed E-state index contributed by atoms with van der Waals surface area (Å²) in [5.74, 6) is 0.640. The molecule has 3 aromatic rings. The van der Waals surface area contributed by atoms with Crippen LogP contribution in [0.4, 0.5) is 0 Å². The summed E-state index contributed by atoms with van der Waals surface area (Å²) in [5, 5.41) is 1.16. The van der Waals surface area contributed by atoms with Gasteiger partial charge in [-0.1, -0.05) is 6.07 Å². The Hall–Kier alpha value is -3.12. The molecule has 0 saturated carbocycles. The van der Waals surface area contributed by atoms with Crippen molar-refractivity contribution in [3.8, 4) is 5.75 Å². The van der Waals surface area contributed by atoms with E-state index in [2.05, 4.69) is 40.8 Å². The number of primary amides is 1. The Morgan fingerprint density at radius 1 is 1.14 bits per heavy atom. The zero-order chi connectivity index (χ0) is 24.4. The summed E-state index contributed by atoms with van der Waals surface area (Å²) in [6.07, 6.45) is 8.72. The molecule has 2 aromatic carbocycles. The van der Waals surface area contributed by atoms with E-state index < -0.39 is 0 Å². The normalized spacial score (nSPS) is 18.2. The van der Waals surface area contributed by atoms with E-state index in [0.717, 1.165) is 74.9 Å². The molecule has 1 amide bonds. The van der Waals surface area contributed by atoms with Crippen LogP contribution < -0.4 is 10.5 Å². The third-order valence-electron chi connectivity index (χ3n) is 7.74. The molecule has 1 saturated heterocycles. The minimum Gasteiger partial charge on any atom is -0.496 e. The fraction of sp³-hybridized carbons (Fsp3) is 0.448. The lowest BCUT2D eigenvalue weighted by Crippen LogP contribution is -2.36. The van der Waals surface area contributed by atoms with Gasteiger partial charge in [0.05, 0.1) is 7.11 Å². The lowest BCUT2D eigenvalue weighted by molar-refractivity contribution is 0.100. The first-order chi connectivity index (χ1) is 17.1. The molecule has 35 heavy (non-hydrogen) atoms. The molecular weight excluding hydrogens is 436 g/mol. The first-order valence-corrected chi connectivity index (χ1v) is 12.9. The second-order valence-corrected chi connectivity index (χ2v) is 9.73. The van der Waals surface area contributed by atoms with Crippen LogP contribution in [0.3, 0.4) is 0 Å². The lowest BCUT2D eigenvalue weighted by Gasteiger charge is -2.33. The molecule has 2 aliphatic rings. The molecule has 1 fully saturated rings. The van der Waals surface area contributed by atoms with Gasteiger partial charge in [-0.15, -0.1) is 0 Å². The number of nitrogens with zero attached hydrogens (tertiary/aromatic N) is 3. The Kier molecular flexibility index (Phi) is 6.91. The SMILES string of the molecule is CC/N=C1/CCCc2c1ccc(OC)c2CCN1CCC(n2ccc3ccc(C(N)=O)cc32)CC1. The van der Waals surface area contributed by atoms with Crippen molar-refractivity contribution >= 4 is 22.5 Å². The topological polar surface area (TPSA) is 72.8 Å². The third kappa shape index (κ3) is 4.72. The number of carbonyl (C=O) groups excluding carboxylic acids is 1. The van der Waals surface area contributed by atoms with Crippen LogP contribution in [0.25, 0.3) is 10.9 Å². The van der Waals surface area contributed by atoms with Gasteiger partial charge in [0.2, 0.25) is 5.91 Å². The Balaban J connectivity index is 1.27. The van der Waals surface area contributed by atoms with E-state index in [1.807, 2.05) is 18.2 Å². The van der Waals surface area contributed by atoms with Gasteiger partial charge in [0.25, 0.3) is 0 Å². The summed E-state index contributed by atoms with van der Waals surface area (Å²) < 4.78 is 8.12. The molecular formula is C29H36N4O2. The molecule has 1 aromatic heterocycles. The van der Waals surface area contributed by atoms with Crippen molar-refractivity contribution in [2.24, 2.45) is 10.7 Å². The highest BCUT2D eigenvalue weighted by atomic mass is 16.5. The summed E-state index contributed by atoms with van der Waals surface area (Å²) in [5.41, 5.74) is 12.6. The zero-order valence-corrected chi connectivity index (χ0v) is 20.9. The highest BCUT2D eigenvalue weighted by Crippen LogP contribution is 2.33. The Labute approximate surface area is 207 Å².